The highest BCUT2D eigenvalue weighted by molar-refractivity contribution is 14.0. The average molecular weight is 508 g/mol. The first-order valence-electron chi connectivity index (χ1n) is 9.44. The lowest BCUT2D eigenvalue weighted by molar-refractivity contribution is -0.114. The SMILES string of the molecule is CCNC(=NCC(=O)Nc1cccc(F)c1)NCCCOCC1CCCO1.I. The van der Waals surface area contributed by atoms with Crippen LogP contribution in [0.5, 0.6) is 0 Å². The molecule has 28 heavy (non-hydrogen) atoms. The molecule has 1 heterocycles. The lowest BCUT2D eigenvalue weighted by Crippen LogP contribution is -2.38. The lowest BCUT2D eigenvalue weighted by Gasteiger charge is -2.12. The third-order valence-electron chi connectivity index (χ3n) is 3.92. The molecule has 1 aliphatic rings. The Labute approximate surface area is 182 Å². The van der Waals surface area contributed by atoms with Crippen molar-refractivity contribution in [1.82, 2.24) is 10.6 Å². The summed E-state index contributed by atoms with van der Waals surface area (Å²) in [5.74, 6) is -0.142. The maximum atomic E-state index is 13.1. The van der Waals surface area contributed by atoms with Gasteiger partial charge in [0.15, 0.2) is 5.96 Å². The molecule has 7 nitrogen and oxygen atoms in total. The monoisotopic (exact) mass is 508 g/mol. The highest BCUT2D eigenvalue weighted by atomic mass is 127. The quantitative estimate of drug-likeness (QED) is 0.196. The molecular weight excluding hydrogens is 478 g/mol. The first-order chi connectivity index (χ1) is 13.2. The second-order valence-electron chi connectivity index (χ2n) is 6.24. The molecule has 0 bridgehead atoms. The van der Waals surface area contributed by atoms with Crippen LogP contribution in [0, 0.1) is 5.82 Å². The smallest absolute Gasteiger partial charge is 0.246 e. The van der Waals surface area contributed by atoms with E-state index < -0.39 is 5.82 Å². The molecule has 0 aliphatic carbocycles. The largest absolute Gasteiger partial charge is 0.379 e. The Morgan fingerprint density at radius 1 is 1.39 bits per heavy atom. The van der Waals surface area contributed by atoms with Crippen molar-refractivity contribution in [2.24, 2.45) is 4.99 Å². The number of ether oxygens (including phenoxy) is 2. The summed E-state index contributed by atoms with van der Waals surface area (Å²) in [4.78, 5) is 16.2. The highest BCUT2D eigenvalue weighted by Gasteiger charge is 2.14. The number of nitrogens with zero attached hydrogens (tertiary/aromatic N) is 1. The second kappa shape index (κ2) is 14.5. The average Bonchev–Trinajstić information content (AvgIpc) is 3.16. The molecule has 0 spiro atoms. The fraction of sp³-hybridized carbons (Fsp3) is 0.579. The molecule has 0 saturated carbocycles. The summed E-state index contributed by atoms with van der Waals surface area (Å²) in [6.07, 6.45) is 3.26. The summed E-state index contributed by atoms with van der Waals surface area (Å²) >= 11 is 0. The van der Waals surface area contributed by atoms with Gasteiger partial charge in [-0.25, -0.2) is 9.38 Å². The number of carbonyl (C=O) groups is 1. The van der Waals surface area contributed by atoms with Crippen LogP contribution in [-0.4, -0.2) is 57.4 Å². The standard InChI is InChI=1S/C19H29FN4O3.HI/c1-2-21-19(22-9-5-10-26-14-17-8-4-11-27-17)23-13-18(25)24-16-7-3-6-15(20)12-16;/h3,6-7,12,17H,2,4-5,8-11,13-14H2,1H3,(H,24,25)(H2,21,22,23);1H. The van der Waals surface area contributed by atoms with Gasteiger partial charge < -0.3 is 25.4 Å². The molecule has 1 aromatic rings. The number of halogens is 2. The van der Waals surface area contributed by atoms with Crippen LogP contribution in [0.2, 0.25) is 0 Å². The molecule has 3 N–H and O–H groups in total. The number of hydrogen-bond donors (Lipinski definition) is 3. The summed E-state index contributed by atoms with van der Waals surface area (Å²) in [6.45, 7) is 5.40. The third-order valence-corrected chi connectivity index (χ3v) is 3.92. The van der Waals surface area contributed by atoms with Crippen molar-refractivity contribution in [3.05, 3.63) is 30.1 Å². The summed E-state index contributed by atoms with van der Waals surface area (Å²) in [7, 11) is 0. The van der Waals surface area contributed by atoms with Crippen LogP contribution in [0.1, 0.15) is 26.2 Å². The van der Waals surface area contributed by atoms with Gasteiger partial charge in [-0.1, -0.05) is 6.07 Å². The molecule has 1 amide bonds. The minimum absolute atomic E-state index is 0. The van der Waals surface area contributed by atoms with E-state index in [-0.39, 0.29) is 42.5 Å². The van der Waals surface area contributed by atoms with Crippen molar-refractivity contribution in [3.63, 3.8) is 0 Å². The van der Waals surface area contributed by atoms with Crippen LogP contribution in [0.25, 0.3) is 0 Å². The number of nitrogens with one attached hydrogen (secondary N) is 3. The van der Waals surface area contributed by atoms with Gasteiger partial charge in [-0.3, -0.25) is 4.79 Å². The fourth-order valence-corrected chi connectivity index (χ4v) is 2.63. The van der Waals surface area contributed by atoms with Gasteiger partial charge in [-0.05, 0) is 44.4 Å². The van der Waals surface area contributed by atoms with E-state index in [9.17, 15) is 9.18 Å². The van der Waals surface area contributed by atoms with Gasteiger partial charge in [0.1, 0.15) is 12.4 Å². The van der Waals surface area contributed by atoms with E-state index in [4.69, 9.17) is 9.47 Å². The number of benzene rings is 1. The van der Waals surface area contributed by atoms with Gasteiger partial charge >= 0.3 is 0 Å². The number of amides is 1. The Balaban J connectivity index is 0.00000392. The Morgan fingerprint density at radius 2 is 2.25 bits per heavy atom. The zero-order valence-corrected chi connectivity index (χ0v) is 18.5. The van der Waals surface area contributed by atoms with Gasteiger partial charge in [0.2, 0.25) is 5.91 Å². The van der Waals surface area contributed by atoms with Crippen molar-refractivity contribution >= 4 is 41.5 Å². The van der Waals surface area contributed by atoms with Crippen molar-refractivity contribution in [1.29, 1.82) is 0 Å². The third kappa shape index (κ3) is 10.2. The highest BCUT2D eigenvalue weighted by Crippen LogP contribution is 2.11. The topological polar surface area (TPSA) is 84.0 Å². The van der Waals surface area contributed by atoms with Crippen molar-refractivity contribution in [2.45, 2.75) is 32.3 Å². The van der Waals surface area contributed by atoms with Gasteiger partial charge in [0.25, 0.3) is 0 Å². The van der Waals surface area contributed by atoms with Crippen molar-refractivity contribution in [3.8, 4) is 0 Å². The molecule has 158 valence electrons. The number of guanidine groups is 1. The molecule has 1 aliphatic heterocycles. The van der Waals surface area contributed by atoms with E-state index in [0.717, 1.165) is 25.9 Å². The molecule has 9 heteroatoms. The molecule has 1 saturated heterocycles. The predicted octanol–water partition coefficient (Wildman–Crippen LogP) is 2.52. The minimum Gasteiger partial charge on any atom is -0.379 e. The van der Waals surface area contributed by atoms with E-state index in [2.05, 4.69) is 20.9 Å². The van der Waals surface area contributed by atoms with Crippen molar-refractivity contribution in [2.75, 3.05) is 44.8 Å². The molecule has 2 rings (SSSR count). The number of aliphatic imine (C=N–C) groups is 1. The number of hydrogen-bond acceptors (Lipinski definition) is 4. The van der Waals surface area contributed by atoms with E-state index in [1.807, 2.05) is 6.92 Å². The molecule has 1 atom stereocenters. The van der Waals surface area contributed by atoms with Crippen LogP contribution in [0.15, 0.2) is 29.3 Å². The van der Waals surface area contributed by atoms with Crippen LogP contribution >= 0.6 is 24.0 Å². The van der Waals surface area contributed by atoms with Crippen LogP contribution in [-0.2, 0) is 14.3 Å². The fourth-order valence-electron chi connectivity index (χ4n) is 2.63. The van der Waals surface area contributed by atoms with Gasteiger partial charge in [0, 0.05) is 32.0 Å². The molecule has 1 unspecified atom stereocenters. The van der Waals surface area contributed by atoms with Crippen LogP contribution in [0.4, 0.5) is 10.1 Å². The molecule has 1 aromatic carbocycles. The Hall–Kier alpha value is -1.46. The van der Waals surface area contributed by atoms with E-state index in [0.29, 0.717) is 38.0 Å². The number of carbonyl (C=O) groups excluding carboxylic acids is 1. The molecule has 0 aromatic heterocycles. The molecular formula is C19H30FIN4O3. The normalized spacial score (nSPS) is 16.4. The van der Waals surface area contributed by atoms with Crippen LogP contribution in [0.3, 0.4) is 0 Å². The summed E-state index contributed by atoms with van der Waals surface area (Å²) in [5, 5.41) is 8.87. The lowest BCUT2D eigenvalue weighted by atomic mass is 10.2. The second-order valence-corrected chi connectivity index (χ2v) is 6.24. The molecule has 0 radical (unpaired) electrons. The summed E-state index contributed by atoms with van der Waals surface area (Å²) < 4.78 is 24.2. The minimum atomic E-state index is -0.395. The van der Waals surface area contributed by atoms with E-state index in [1.165, 1.54) is 12.1 Å². The summed E-state index contributed by atoms with van der Waals surface area (Å²) in [5.41, 5.74) is 0.413. The van der Waals surface area contributed by atoms with Crippen molar-refractivity contribution < 1.29 is 18.7 Å². The van der Waals surface area contributed by atoms with Gasteiger partial charge in [-0.2, -0.15) is 0 Å². The Kier molecular flexibility index (Phi) is 12.8. The summed E-state index contributed by atoms with van der Waals surface area (Å²) in [6, 6.07) is 5.76. The van der Waals surface area contributed by atoms with E-state index >= 15 is 0 Å². The number of rotatable bonds is 10. The maximum absolute atomic E-state index is 13.1. The number of anilines is 1. The first-order valence-corrected chi connectivity index (χ1v) is 9.44. The van der Waals surface area contributed by atoms with Gasteiger partial charge in [-0.15, -0.1) is 24.0 Å². The zero-order chi connectivity index (χ0) is 19.3. The Morgan fingerprint density at radius 3 is 2.96 bits per heavy atom. The maximum Gasteiger partial charge on any atom is 0.246 e. The first kappa shape index (κ1) is 24.6. The predicted molar refractivity (Wildman–Crippen MR) is 119 cm³/mol. The van der Waals surface area contributed by atoms with E-state index in [1.54, 1.807) is 12.1 Å². The van der Waals surface area contributed by atoms with Gasteiger partial charge in [0.05, 0.1) is 12.7 Å². The van der Waals surface area contributed by atoms with Crippen LogP contribution < -0.4 is 16.0 Å². The molecule has 1 fully saturated rings. The Bertz CT molecular complexity index is 613. The zero-order valence-electron chi connectivity index (χ0n) is 16.2.